The van der Waals surface area contributed by atoms with Gasteiger partial charge in [-0.1, -0.05) is 0 Å². The van der Waals surface area contributed by atoms with Gasteiger partial charge in [-0.15, -0.1) is 0 Å². The molecule has 8 heteroatoms. The van der Waals surface area contributed by atoms with E-state index in [0.717, 1.165) is 0 Å². The van der Waals surface area contributed by atoms with Crippen LogP contribution in [0.25, 0.3) is 0 Å². The Balaban J connectivity index is 5.24. The first kappa shape index (κ1) is 18.0. The lowest BCUT2D eigenvalue weighted by molar-refractivity contribution is -0.174. The molecular weight excluding hydrogens is 275 g/mol. The summed E-state index contributed by atoms with van der Waals surface area (Å²) in [5.41, 5.74) is -3.44. The Bertz CT molecular complexity index is 393. The minimum atomic E-state index is -3.44. The quantitative estimate of drug-likeness (QED) is 0.275. The normalized spacial score (nSPS) is 13.0. The third-order valence-corrected chi connectivity index (χ3v) is 2.11. The second kappa shape index (κ2) is 8.23. The van der Waals surface area contributed by atoms with Crippen molar-refractivity contribution in [2.24, 2.45) is 0 Å². The van der Waals surface area contributed by atoms with Crippen LogP contribution in [0.5, 0.6) is 0 Å². The largest absolute Gasteiger partial charge is 0.466 e. The van der Waals surface area contributed by atoms with Crippen molar-refractivity contribution in [1.82, 2.24) is 0 Å². The van der Waals surface area contributed by atoms with Crippen molar-refractivity contribution in [1.29, 1.82) is 0 Å². The molecule has 0 amide bonds. The molecule has 0 aromatic heterocycles. The first-order valence-electron chi connectivity index (χ1n) is 6.06. The Hall–Kier alpha value is -1.99. The molecule has 0 aliphatic carbocycles. The number of esters is 3. The number of ether oxygens (including phenoxy) is 3. The third kappa shape index (κ3) is 4.60. The molecule has 0 heterocycles. The number of hydrogen-bond acceptors (Lipinski definition) is 7. The van der Waals surface area contributed by atoms with Crippen LogP contribution in [-0.4, -0.2) is 49.2 Å². The van der Waals surface area contributed by atoms with Crippen molar-refractivity contribution < 1.29 is 37.8 Å². The maximum Gasteiger partial charge on any atom is 0.378 e. The van der Waals surface area contributed by atoms with Crippen LogP contribution in [0.1, 0.15) is 27.2 Å². The molecular formula is C12H17FO7. The van der Waals surface area contributed by atoms with E-state index in [4.69, 9.17) is 0 Å². The summed E-state index contributed by atoms with van der Waals surface area (Å²) >= 11 is 0. The smallest absolute Gasteiger partial charge is 0.378 e. The molecule has 0 bridgehead atoms. The maximum atomic E-state index is 14.5. The monoisotopic (exact) mass is 292 g/mol. The summed E-state index contributed by atoms with van der Waals surface area (Å²) in [5, 5.41) is 0. The van der Waals surface area contributed by atoms with Crippen LogP contribution in [0.4, 0.5) is 4.39 Å². The van der Waals surface area contributed by atoms with Crippen molar-refractivity contribution in [3.63, 3.8) is 0 Å². The first-order chi connectivity index (χ1) is 9.33. The lowest BCUT2D eigenvalue weighted by Crippen LogP contribution is -2.49. The highest BCUT2D eigenvalue weighted by Crippen LogP contribution is 2.22. The molecule has 0 aliphatic rings. The highest BCUT2D eigenvalue weighted by Gasteiger charge is 2.54. The van der Waals surface area contributed by atoms with E-state index in [2.05, 4.69) is 14.2 Å². The summed E-state index contributed by atoms with van der Waals surface area (Å²) in [6.45, 7) is 3.80. The van der Waals surface area contributed by atoms with Crippen molar-refractivity contribution in [3.8, 4) is 0 Å². The van der Waals surface area contributed by atoms with Gasteiger partial charge in [0.1, 0.15) is 0 Å². The number of carbonyl (C=O) groups is 4. The summed E-state index contributed by atoms with van der Waals surface area (Å²) in [7, 11) is 0. The molecule has 1 atom stereocenters. The molecule has 0 N–H and O–H groups in total. The summed E-state index contributed by atoms with van der Waals surface area (Å²) < 4.78 is 27.7. The van der Waals surface area contributed by atoms with Crippen LogP contribution in [0.3, 0.4) is 0 Å². The highest BCUT2D eigenvalue weighted by molar-refractivity contribution is 6.41. The molecule has 114 valence electrons. The van der Waals surface area contributed by atoms with Gasteiger partial charge in [-0.25, -0.2) is 14.0 Å². The van der Waals surface area contributed by atoms with E-state index in [9.17, 15) is 23.6 Å². The fourth-order valence-electron chi connectivity index (χ4n) is 1.26. The zero-order chi connectivity index (χ0) is 15.8. The molecule has 0 spiro atoms. The van der Waals surface area contributed by atoms with E-state index in [-0.39, 0.29) is 19.8 Å². The molecule has 0 saturated heterocycles. The van der Waals surface area contributed by atoms with E-state index < -0.39 is 35.8 Å². The molecule has 0 aromatic rings. The highest BCUT2D eigenvalue weighted by atomic mass is 19.1. The van der Waals surface area contributed by atoms with Gasteiger partial charge in [0, 0.05) is 0 Å². The van der Waals surface area contributed by atoms with Gasteiger partial charge in [0.05, 0.1) is 26.2 Å². The molecule has 0 fully saturated rings. The van der Waals surface area contributed by atoms with Gasteiger partial charge in [0.15, 0.2) is 0 Å². The lowest BCUT2D eigenvalue weighted by atomic mass is 9.96. The number of Topliss-reactive ketones (excluding diaryl/α,β-unsaturated/α-hetero) is 1. The van der Waals surface area contributed by atoms with E-state index in [1.54, 1.807) is 0 Å². The molecule has 0 rings (SSSR count). The van der Waals surface area contributed by atoms with E-state index >= 15 is 0 Å². The van der Waals surface area contributed by atoms with Gasteiger partial charge >= 0.3 is 17.9 Å². The van der Waals surface area contributed by atoms with E-state index in [1.165, 1.54) is 20.8 Å². The third-order valence-electron chi connectivity index (χ3n) is 2.11. The molecule has 0 radical (unpaired) electrons. The van der Waals surface area contributed by atoms with Crippen LogP contribution in [0.15, 0.2) is 0 Å². The van der Waals surface area contributed by atoms with E-state index in [1.807, 2.05) is 0 Å². The Labute approximate surface area is 115 Å². The maximum absolute atomic E-state index is 14.5. The number of ketones is 1. The number of rotatable bonds is 8. The molecule has 0 saturated carbocycles. The van der Waals surface area contributed by atoms with Crippen molar-refractivity contribution in [3.05, 3.63) is 0 Å². The van der Waals surface area contributed by atoms with Crippen LogP contribution in [-0.2, 0) is 33.4 Å². The van der Waals surface area contributed by atoms with Crippen molar-refractivity contribution in [2.75, 3.05) is 19.8 Å². The predicted molar refractivity (Wildman–Crippen MR) is 63.4 cm³/mol. The molecule has 0 aliphatic heterocycles. The van der Waals surface area contributed by atoms with Gasteiger partial charge < -0.3 is 14.2 Å². The Kier molecular flexibility index (Phi) is 7.42. The Morgan fingerprint density at radius 3 is 1.85 bits per heavy atom. The molecule has 0 aromatic carbocycles. The minimum absolute atomic E-state index is 0.0642. The molecule has 20 heavy (non-hydrogen) atoms. The topological polar surface area (TPSA) is 96.0 Å². The second-order valence-electron chi connectivity index (χ2n) is 3.55. The number of alkyl halides is 1. The predicted octanol–water partition coefficient (Wildman–Crippen LogP) is 0.343. The van der Waals surface area contributed by atoms with Crippen LogP contribution in [0.2, 0.25) is 0 Å². The standard InChI is InChI=1S/C12H17FO7/c1-4-18-8(14)7-12(13,11(17)20-6-3)9(15)10(16)19-5-2/h4-7H2,1-3H3. The van der Waals surface area contributed by atoms with Crippen LogP contribution < -0.4 is 0 Å². The average Bonchev–Trinajstić information content (AvgIpc) is 2.38. The fraction of sp³-hybridized carbons (Fsp3) is 0.667. The molecule has 7 nitrogen and oxygen atoms in total. The zero-order valence-corrected chi connectivity index (χ0v) is 11.6. The van der Waals surface area contributed by atoms with Crippen LogP contribution in [0, 0.1) is 0 Å². The fourth-order valence-corrected chi connectivity index (χ4v) is 1.26. The van der Waals surface area contributed by atoms with Gasteiger partial charge in [0.25, 0.3) is 11.5 Å². The van der Waals surface area contributed by atoms with E-state index in [0.29, 0.717) is 0 Å². The van der Waals surface area contributed by atoms with Crippen molar-refractivity contribution in [2.45, 2.75) is 32.9 Å². The summed E-state index contributed by atoms with van der Waals surface area (Å²) in [6, 6.07) is 0. The minimum Gasteiger partial charge on any atom is -0.466 e. The average molecular weight is 292 g/mol. The Morgan fingerprint density at radius 1 is 0.900 bits per heavy atom. The Morgan fingerprint density at radius 2 is 1.40 bits per heavy atom. The first-order valence-corrected chi connectivity index (χ1v) is 6.06. The second-order valence-corrected chi connectivity index (χ2v) is 3.55. The van der Waals surface area contributed by atoms with Gasteiger partial charge in [-0.2, -0.15) is 0 Å². The molecule has 1 unspecified atom stereocenters. The van der Waals surface area contributed by atoms with Crippen molar-refractivity contribution >= 4 is 23.7 Å². The number of hydrogen-bond donors (Lipinski definition) is 0. The number of carbonyl (C=O) groups excluding carboxylic acids is 4. The van der Waals surface area contributed by atoms with Gasteiger partial charge in [-0.3, -0.25) is 9.59 Å². The zero-order valence-electron chi connectivity index (χ0n) is 11.6. The van der Waals surface area contributed by atoms with Crippen LogP contribution >= 0.6 is 0 Å². The van der Waals surface area contributed by atoms with Gasteiger partial charge in [-0.05, 0) is 20.8 Å². The summed E-state index contributed by atoms with van der Waals surface area (Å²) in [4.78, 5) is 45.7. The summed E-state index contributed by atoms with van der Waals surface area (Å²) in [5.74, 6) is -6.09. The van der Waals surface area contributed by atoms with Gasteiger partial charge in [0.2, 0.25) is 0 Å². The summed E-state index contributed by atoms with van der Waals surface area (Å²) in [6.07, 6.45) is -1.24. The lowest BCUT2D eigenvalue weighted by Gasteiger charge is -2.19. The number of halogens is 1. The SMILES string of the molecule is CCOC(=O)CC(F)(C(=O)OCC)C(=O)C(=O)OCC.